The Balaban J connectivity index is 1.91. The fourth-order valence-corrected chi connectivity index (χ4v) is 4.81. The van der Waals surface area contributed by atoms with Gasteiger partial charge in [-0.15, -0.1) is 0 Å². The Kier molecular flexibility index (Phi) is 4.50. The molecule has 7 heteroatoms. The van der Waals surface area contributed by atoms with Gasteiger partial charge in [-0.25, -0.2) is 13.1 Å². The Labute approximate surface area is 142 Å². The van der Waals surface area contributed by atoms with Gasteiger partial charge in [0.1, 0.15) is 5.60 Å². The summed E-state index contributed by atoms with van der Waals surface area (Å²) in [5.41, 5.74) is 2.29. The molecule has 0 amide bonds. The number of rotatable bonds is 5. The van der Waals surface area contributed by atoms with Crippen molar-refractivity contribution < 1.29 is 13.2 Å². The summed E-state index contributed by atoms with van der Waals surface area (Å²) in [5, 5.41) is 4.21. The molecule has 0 spiro atoms. The number of hydrogen-bond acceptors (Lipinski definition) is 4. The highest BCUT2D eigenvalue weighted by molar-refractivity contribution is 7.89. The maximum atomic E-state index is 12.7. The highest BCUT2D eigenvalue weighted by atomic mass is 32.2. The van der Waals surface area contributed by atoms with E-state index in [9.17, 15) is 8.42 Å². The van der Waals surface area contributed by atoms with Crippen LogP contribution < -0.4 is 4.72 Å². The van der Waals surface area contributed by atoms with Gasteiger partial charge in [-0.2, -0.15) is 5.10 Å². The van der Waals surface area contributed by atoms with Gasteiger partial charge in [0, 0.05) is 19.2 Å². The maximum absolute atomic E-state index is 12.7. The van der Waals surface area contributed by atoms with Crippen molar-refractivity contribution in [2.24, 2.45) is 7.05 Å². The van der Waals surface area contributed by atoms with E-state index < -0.39 is 15.6 Å². The number of sulfonamides is 1. The highest BCUT2D eigenvalue weighted by Gasteiger charge is 2.37. The minimum absolute atomic E-state index is 0.192. The van der Waals surface area contributed by atoms with Crippen molar-refractivity contribution in [1.82, 2.24) is 14.5 Å². The first kappa shape index (κ1) is 17.1. The number of fused-ring (bicyclic) bond motifs is 1. The molecule has 1 aromatic heterocycles. The normalized spacial score (nSPS) is 20.8. The molecule has 1 atom stereocenters. The van der Waals surface area contributed by atoms with E-state index in [0.717, 1.165) is 12.0 Å². The molecule has 130 valence electrons. The Morgan fingerprint density at radius 2 is 2.12 bits per heavy atom. The van der Waals surface area contributed by atoms with Crippen LogP contribution in [0.5, 0.6) is 0 Å². The standard InChI is InChI=1S/C17H23N3O3S/c1-4-17(15-8-6-5-7-14(15)9-10-23-17)12-19-24(21,22)16-13(2)11-18-20(16)3/h5-8,11,19H,4,9-10,12H2,1-3H3. The first-order valence-electron chi connectivity index (χ1n) is 8.10. The predicted molar refractivity (Wildman–Crippen MR) is 91.2 cm³/mol. The summed E-state index contributed by atoms with van der Waals surface area (Å²) in [7, 11) is -2.03. The van der Waals surface area contributed by atoms with Crippen molar-refractivity contribution >= 4 is 10.0 Å². The van der Waals surface area contributed by atoms with Crippen LogP contribution in [0.1, 0.15) is 30.0 Å². The van der Waals surface area contributed by atoms with Crippen LogP contribution in [-0.4, -0.2) is 31.3 Å². The first-order valence-corrected chi connectivity index (χ1v) is 9.58. The lowest BCUT2D eigenvalue weighted by atomic mass is 9.84. The number of benzene rings is 1. The molecule has 1 aliphatic heterocycles. The summed E-state index contributed by atoms with van der Waals surface area (Å²) in [5.74, 6) is 0. The van der Waals surface area contributed by atoms with E-state index in [1.54, 1.807) is 20.2 Å². The highest BCUT2D eigenvalue weighted by Crippen LogP contribution is 2.35. The summed E-state index contributed by atoms with van der Waals surface area (Å²) in [6.45, 7) is 4.56. The number of hydrogen-bond donors (Lipinski definition) is 1. The molecular weight excluding hydrogens is 326 g/mol. The van der Waals surface area contributed by atoms with E-state index in [1.165, 1.54) is 10.2 Å². The van der Waals surface area contributed by atoms with Crippen LogP contribution in [0.3, 0.4) is 0 Å². The third kappa shape index (κ3) is 2.87. The van der Waals surface area contributed by atoms with Crippen LogP contribution >= 0.6 is 0 Å². The molecule has 0 fully saturated rings. The number of aromatic nitrogens is 2. The topological polar surface area (TPSA) is 73.2 Å². The van der Waals surface area contributed by atoms with Crippen LogP contribution in [0.2, 0.25) is 0 Å². The SMILES string of the molecule is CCC1(CNS(=O)(=O)c2c(C)cnn2C)OCCc2ccccc21. The van der Waals surface area contributed by atoms with E-state index in [4.69, 9.17) is 4.74 Å². The summed E-state index contributed by atoms with van der Waals surface area (Å²) in [6, 6.07) is 8.09. The lowest BCUT2D eigenvalue weighted by Crippen LogP contribution is -2.45. The van der Waals surface area contributed by atoms with Gasteiger partial charge in [0.25, 0.3) is 10.0 Å². The lowest BCUT2D eigenvalue weighted by Gasteiger charge is -2.38. The molecule has 0 aliphatic carbocycles. The summed E-state index contributed by atoms with van der Waals surface area (Å²) in [4.78, 5) is 0. The van der Waals surface area contributed by atoms with Crippen LogP contribution in [0, 0.1) is 6.92 Å². The Bertz CT molecular complexity index is 825. The van der Waals surface area contributed by atoms with Crippen molar-refractivity contribution in [1.29, 1.82) is 0 Å². The average Bonchev–Trinajstić information content (AvgIpc) is 2.92. The minimum atomic E-state index is -3.66. The molecule has 0 bridgehead atoms. The average molecular weight is 349 g/mol. The number of ether oxygens (including phenoxy) is 1. The molecule has 1 N–H and O–H groups in total. The van der Waals surface area contributed by atoms with Gasteiger partial charge in [-0.05, 0) is 30.9 Å². The zero-order valence-electron chi connectivity index (χ0n) is 14.2. The summed E-state index contributed by atoms with van der Waals surface area (Å²) < 4.78 is 35.6. The largest absolute Gasteiger partial charge is 0.369 e. The van der Waals surface area contributed by atoms with Crippen LogP contribution in [0.25, 0.3) is 0 Å². The van der Waals surface area contributed by atoms with Gasteiger partial charge < -0.3 is 4.74 Å². The van der Waals surface area contributed by atoms with Crippen molar-refractivity contribution in [3.63, 3.8) is 0 Å². The lowest BCUT2D eigenvalue weighted by molar-refractivity contribution is -0.0587. The molecular formula is C17H23N3O3S. The Morgan fingerprint density at radius 3 is 2.79 bits per heavy atom. The van der Waals surface area contributed by atoms with E-state index in [1.807, 2.05) is 25.1 Å². The molecule has 0 saturated carbocycles. The molecule has 3 rings (SSSR count). The molecule has 2 heterocycles. The summed E-state index contributed by atoms with van der Waals surface area (Å²) in [6.07, 6.45) is 3.10. The fourth-order valence-electron chi connectivity index (χ4n) is 3.38. The number of nitrogens with one attached hydrogen (secondary N) is 1. The van der Waals surface area contributed by atoms with Crippen LogP contribution in [-0.2, 0) is 33.8 Å². The first-order chi connectivity index (χ1) is 11.4. The molecule has 1 aromatic carbocycles. The van der Waals surface area contributed by atoms with Gasteiger partial charge in [0.2, 0.25) is 0 Å². The molecule has 6 nitrogen and oxygen atoms in total. The van der Waals surface area contributed by atoms with Crippen molar-refractivity contribution in [2.45, 2.75) is 37.3 Å². The minimum Gasteiger partial charge on any atom is -0.369 e. The number of aryl methyl sites for hydroxylation is 2. The zero-order chi connectivity index (χ0) is 17.4. The van der Waals surface area contributed by atoms with Gasteiger partial charge in [0.05, 0.1) is 12.8 Å². The Morgan fingerprint density at radius 1 is 1.38 bits per heavy atom. The molecule has 1 unspecified atom stereocenters. The molecule has 2 aromatic rings. The second kappa shape index (κ2) is 6.31. The van der Waals surface area contributed by atoms with Gasteiger partial charge in [-0.1, -0.05) is 31.2 Å². The third-order valence-corrected chi connectivity index (χ3v) is 6.31. The monoisotopic (exact) mass is 349 g/mol. The second-order valence-electron chi connectivity index (χ2n) is 6.18. The smallest absolute Gasteiger partial charge is 0.258 e. The zero-order valence-corrected chi connectivity index (χ0v) is 15.1. The van der Waals surface area contributed by atoms with Gasteiger partial charge in [-0.3, -0.25) is 4.68 Å². The molecule has 1 aliphatic rings. The molecule has 0 radical (unpaired) electrons. The quantitative estimate of drug-likeness (QED) is 0.895. The van der Waals surface area contributed by atoms with Crippen LogP contribution in [0.15, 0.2) is 35.5 Å². The fraction of sp³-hybridized carbons (Fsp3) is 0.471. The van der Waals surface area contributed by atoms with Gasteiger partial charge in [0.15, 0.2) is 5.03 Å². The van der Waals surface area contributed by atoms with Gasteiger partial charge >= 0.3 is 0 Å². The van der Waals surface area contributed by atoms with E-state index >= 15 is 0 Å². The second-order valence-corrected chi connectivity index (χ2v) is 7.87. The third-order valence-electron chi connectivity index (χ3n) is 4.69. The van der Waals surface area contributed by atoms with Crippen LogP contribution in [0.4, 0.5) is 0 Å². The summed E-state index contributed by atoms with van der Waals surface area (Å²) >= 11 is 0. The van der Waals surface area contributed by atoms with E-state index in [2.05, 4.69) is 15.9 Å². The number of nitrogens with zero attached hydrogens (tertiary/aromatic N) is 2. The van der Waals surface area contributed by atoms with Crippen molar-refractivity contribution in [3.05, 3.63) is 47.2 Å². The van der Waals surface area contributed by atoms with Crippen molar-refractivity contribution in [3.8, 4) is 0 Å². The molecule has 0 saturated heterocycles. The maximum Gasteiger partial charge on any atom is 0.258 e. The van der Waals surface area contributed by atoms with E-state index in [-0.39, 0.29) is 11.6 Å². The molecule has 24 heavy (non-hydrogen) atoms. The Hall–Kier alpha value is -1.70. The van der Waals surface area contributed by atoms with Crippen molar-refractivity contribution in [2.75, 3.05) is 13.2 Å². The predicted octanol–water partition coefficient (Wildman–Crippen LogP) is 1.89. The van der Waals surface area contributed by atoms with E-state index in [0.29, 0.717) is 18.6 Å².